The van der Waals surface area contributed by atoms with Crippen molar-refractivity contribution in [2.24, 2.45) is 11.7 Å². The van der Waals surface area contributed by atoms with Gasteiger partial charge in [0.1, 0.15) is 6.04 Å². The van der Waals surface area contributed by atoms with Crippen LogP contribution in [0.15, 0.2) is 0 Å². The highest BCUT2D eigenvalue weighted by molar-refractivity contribution is 5.87. The highest BCUT2D eigenvalue weighted by Gasteiger charge is 2.34. The van der Waals surface area contributed by atoms with Crippen molar-refractivity contribution in [2.45, 2.75) is 45.7 Å². The van der Waals surface area contributed by atoms with E-state index in [-0.39, 0.29) is 18.4 Å². The lowest BCUT2D eigenvalue weighted by atomic mass is 9.95. The minimum absolute atomic E-state index is 0.0260. The van der Waals surface area contributed by atoms with Gasteiger partial charge in [0.2, 0.25) is 5.91 Å². The van der Waals surface area contributed by atoms with Crippen LogP contribution in [0.2, 0.25) is 0 Å². The highest BCUT2D eigenvalue weighted by atomic mass is 16.3. The minimum atomic E-state index is -0.719. The van der Waals surface area contributed by atoms with Gasteiger partial charge in [0.15, 0.2) is 0 Å². The summed E-state index contributed by atoms with van der Waals surface area (Å²) in [5.74, 6) is -0.274. The molecule has 0 spiro atoms. The van der Waals surface area contributed by atoms with Gasteiger partial charge in [-0.05, 0) is 19.8 Å². The van der Waals surface area contributed by atoms with E-state index >= 15 is 0 Å². The number of urea groups is 1. The molecule has 4 N–H and O–H groups in total. The van der Waals surface area contributed by atoms with Gasteiger partial charge in [0, 0.05) is 7.05 Å². The SMILES string of the molecule is CCC(C)C(NC(N)=O)C(=O)N(C)C(C)(C)CO. The van der Waals surface area contributed by atoms with Gasteiger partial charge >= 0.3 is 6.03 Å². The monoisotopic (exact) mass is 259 g/mol. The number of primary amides is 1. The van der Waals surface area contributed by atoms with Crippen LogP contribution in [0.1, 0.15) is 34.1 Å². The molecule has 0 radical (unpaired) electrons. The maximum absolute atomic E-state index is 12.3. The molecule has 0 aliphatic heterocycles. The lowest BCUT2D eigenvalue weighted by Gasteiger charge is -2.37. The summed E-state index contributed by atoms with van der Waals surface area (Å²) in [6.07, 6.45) is 0.740. The topological polar surface area (TPSA) is 95.7 Å². The smallest absolute Gasteiger partial charge is 0.312 e. The Hall–Kier alpha value is -1.30. The lowest BCUT2D eigenvalue weighted by Crippen LogP contribution is -2.57. The van der Waals surface area contributed by atoms with Crippen LogP contribution in [0.3, 0.4) is 0 Å². The molecule has 0 aromatic heterocycles. The number of hydrogen-bond acceptors (Lipinski definition) is 3. The number of hydrogen-bond donors (Lipinski definition) is 3. The third-order valence-corrected chi connectivity index (χ3v) is 3.40. The van der Waals surface area contributed by atoms with E-state index in [4.69, 9.17) is 5.73 Å². The highest BCUT2D eigenvalue weighted by Crippen LogP contribution is 2.17. The minimum Gasteiger partial charge on any atom is -0.394 e. The summed E-state index contributed by atoms with van der Waals surface area (Å²) in [5.41, 5.74) is 4.42. The van der Waals surface area contributed by atoms with Crippen molar-refractivity contribution in [1.29, 1.82) is 0 Å². The van der Waals surface area contributed by atoms with E-state index in [0.717, 1.165) is 6.42 Å². The van der Waals surface area contributed by atoms with Crippen LogP contribution in [0, 0.1) is 5.92 Å². The van der Waals surface area contributed by atoms with Gasteiger partial charge in [-0.3, -0.25) is 4.79 Å². The Morgan fingerprint density at radius 2 is 1.94 bits per heavy atom. The average Bonchev–Trinajstić information content (AvgIpc) is 2.32. The summed E-state index contributed by atoms with van der Waals surface area (Å²) >= 11 is 0. The van der Waals surface area contributed by atoms with Crippen LogP contribution >= 0.6 is 0 Å². The number of amides is 3. The zero-order valence-electron chi connectivity index (χ0n) is 11.9. The first kappa shape index (κ1) is 16.7. The summed E-state index contributed by atoms with van der Waals surface area (Å²) < 4.78 is 0. The molecular formula is C12H25N3O3. The molecule has 6 nitrogen and oxygen atoms in total. The molecule has 3 amide bonds. The van der Waals surface area contributed by atoms with Crippen LogP contribution in [0.5, 0.6) is 0 Å². The number of rotatable bonds is 6. The van der Waals surface area contributed by atoms with E-state index in [1.165, 1.54) is 4.90 Å². The van der Waals surface area contributed by atoms with Gasteiger partial charge in [-0.15, -0.1) is 0 Å². The van der Waals surface area contributed by atoms with Crippen LogP contribution in [-0.4, -0.2) is 47.2 Å². The molecule has 2 atom stereocenters. The van der Waals surface area contributed by atoms with Gasteiger partial charge in [-0.25, -0.2) is 4.79 Å². The largest absolute Gasteiger partial charge is 0.394 e. The second-order valence-corrected chi connectivity index (χ2v) is 5.24. The van der Waals surface area contributed by atoms with E-state index in [1.807, 2.05) is 13.8 Å². The molecule has 2 unspecified atom stereocenters. The molecule has 0 bridgehead atoms. The maximum atomic E-state index is 12.3. The molecule has 0 saturated heterocycles. The number of nitrogens with two attached hydrogens (primary N) is 1. The van der Waals surface area contributed by atoms with Crippen molar-refractivity contribution < 1.29 is 14.7 Å². The van der Waals surface area contributed by atoms with Gasteiger partial charge in [-0.2, -0.15) is 0 Å². The second kappa shape index (κ2) is 6.58. The first-order chi connectivity index (χ1) is 8.17. The first-order valence-electron chi connectivity index (χ1n) is 6.11. The van der Waals surface area contributed by atoms with E-state index in [0.29, 0.717) is 0 Å². The van der Waals surface area contributed by atoms with Crippen LogP contribution < -0.4 is 11.1 Å². The fraction of sp³-hybridized carbons (Fsp3) is 0.833. The molecule has 0 rings (SSSR count). The Morgan fingerprint density at radius 1 is 1.44 bits per heavy atom. The Kier molecular flexibility index (Phi) is 6.11. The van der Waals surface area contributed by atoms with Crippen molar-refractivity contribution >= 4 is 11.9 Å². The Balaban J connectivity index is 5.01. The quantitative estimate of drug-likeness (QED) is 0.640. The van der Waals surface area contributed by atoms with E-state index in [2.05, 4.69) is 5.32 Å². The molecule has 0 aromatic rings. The van der Waals surface area contributed by atoms with Gasteiger partial charge in [0.25, 0.3) is 0 Å². The molecule has 0 aliphatic carbocycles. The Bertz CT molecular complexity index is 305. The first-order valence-corrected chi connectivity index (χ1v) is 6.11. The fourth-order valence-electron chi connectivity index (χ4n) is 1.45. The van der Waals surface area contributed by atoms with E-state index in [9.17, 15) is 14.7 Å². The van der Waals surface area contributed by atoms with Crippen molar-refractivity contribution in [3.63, 3.8) is 0 Å². The summed E-state index contributed by atoms with van der Waals surface area (Å²) in [7, 11) is 1.61. The molecule has 0 saturated carbocycles. The van der Waals surface area contributed by atoms with Crippen molar-refractivity contribution in [2.75, 3.05) is 13.7 Å². The van der Waals surface area contributed by atoms with Crippen molar-refractivity contribution in [1.82, 2.24) is 10.2 Å². The fourth-order valence-corrected chi connectivity index (χ4v) is 1.45. The summed E-state index contributed by atoms with van der Waals surface area (Å²) in [6, 6.07) is -1.38. The lowest BCUT2D eigenvalue weighted by molar-refractivity contribution is -0.139. The third kappa shape index (κ3) is 4.18. The molecule has 0 fully saturated rings. The van der Waals surface area contributed by atoms with E-state index in [1.54, 1.807) is 20.9 Å². The van der Waals surface area contributed by atoms with Gasteiger partial charge in [0.05, 0.1) is 12.1 Å². The number of nitrogens with zero attached hydrogens (tertiary/aromatic N) is 1. The van der Waals surface area contributed by atoms with Crippen LogP contribution in [-0.2, 0) is 4.79 Å². The number of aliphatic hydroxyl groups excluding tert-OH is 1. The molecule has 106 valence electrons. The number of likely N-dealkylation sites (N-methyl/N-ethyl adjacent to an activating group) is 1. The zero-order chi connectivity index (χ0) is 14.5. The van der Waals surface area contributed by atoms with Crippen LogP contribution in [0.4, 0.5) is 4.79 Å². The van der Waals surface area contributed by atoms with Crippen molar-refractivity contribution in [3.8, 4) is 0 Å². The summed E-state index contributed by atoms with van der Waals surface area (Å²) in [5, 5.41) is 11.7. The molecular weight excluding hydrogens is 234 g/mol. The molecule has 0 aliphatic rings. The molecule has 18 heavy (non-hydrogen) atoms. The second-order valence-electron chi connectivity index (χ2n) is 5.24. The van der Waals surface area contributed by atoms with Crippen molar-refractivity contribution in [3.05, 3.63) is 0 Å². The number of nitrogens with one attached hydrogen (secondary N) is 1. The molecule has 0 aromatic carbocycles. The van der Waals surface area contributed by atoms with Gasteiger partial charge < -0.3 is 21.1 Å². The number of carbonyl (C=O) groups excluding carboxylic acids is 2. The summed E-state index contributed by atoms with van der Waals surface area (Å²) in [6.45, 7) is 7.16. The summed E-state index contributed by atoms with van der Waals surface area (Å²) in [4.78, 5) is 24.7. The molecule has 6 heteroatoms. The Morgan fingerprint density at radius 3 is 2.28 bits per heavy atom. The Labute approximate surface area is 109 Å². The predicted molar refractivity (Wildman–Crippen MR) is 69.9 cm³/mol. The molecule has 0 heterocycles. The number of aliphatic hydroxyl groups is 1. The van der Waals surface area contributed by atoms with E-state index < -0.39 is 17.6 Å². The standard InChI is InChI=1S/C12H25N3O3/c1-6-8(2)9(14-11(13)18)10(17)15(5)12(3,4)7-16/h8-9,16H,6-7H2,1-5H3,(H3,13,14,18). The predicted octanol–water partition coefficient (Wildman–Crippen LogP) is 0.299. The zero-order valence-corrected chi connectivity index (χ0v) is 11.9. The normalized spacial score (nSPS) is 14.8. The maximum Gasteiger partial charge on any atom is 0.312 e. The average molecular weight is 259 g/mol. The number of carbonyl (C=O) groups is 2. The van der Waals surface area contributed by atoms with Crippen LogP contribution in [0.25, 0.3) is 0 Å². The third-order valence-electron chi connectivity index (χ3n) is 3.40. The van der Waals surface area contributed by atoms with Gasteiger partial charge in [-0.1, -0.05) is 20.3 Å².